The molecule has 1 aromatic heterocycles. The van der Waals surface area contributed by atoms with E-state index in [2.05, 4.69) is 29.3 Å². The lowest BCUT2D eigenvalue weighted by molar-refractivity contribution is 1.02. The van der Waals surface area contributed by atoms with E-state index in [9.17, 15) is 0 Å². The summed E-state index contributed by atoms with van der Waals surface area (Å²) < 4.78 is 0. The molecule has 74 valence electrons. The van der Waals surface area contributed by atoms with Crippen molar-refractivity contribution in [2.75, 3.05) is 0 Å². The number of benzene rings is 1. The summed E-state index contributed by atoms with van der Waals surface area (Å²) in [6, 6.07) is 8.14. The Kier molecular flexibility index (Phi) is 3.57. The van der Waals surface area contributed by atoms with Crippen molar-refractivity contribution in [1.82, 2.24) is 10.2 Å². The summed E-state index contributed by atoms with van der Waals surface area (Å²) in [6.07, 6.45) is 0. The van der Waals surface area contributed by atoms with E-state index >= 15 is 0 Å². The molecule has 1 aromatic carbocycles. The molecule has 1 heterocycles. The van der Waals surface area contributed by atoms with Crippen LogP contribution < -0.4 is 0 Å². The van der Waals surface area contributed by atoms with Crippen LogP contribution in [0.5, 0.6) is 0 Å². The molecule has 0 atom stereocenters. The molecule has 2 rings (SSSR count). The fourth-order valence-electron chi connectivity index (χ4n) is 1.31. The zero-order valence-electron chi connectivity index (χ0n) is 9.20. The first-order valence-corrected chi connectivity index (χ1v) is 4.97. The molecule has 0 saturated carbocycles. The van der Waals surface area contributed by atoms with Crippen molar-refractivity contribution in [2.24, 2.45) is 0 Å². The zero-order valence-corrected chi connectivity index (χ0v) is 9.20. The number of hydrogen-bond acceptors (Lipinski definition) is 2. The molecule has 0 aliphatic rings. The third-order valence-electron chi connectivity index (χ3n) is 1.97. The van der Waals surface area contributed by atoms with Crippen molar-refractivity contribution in [2.45, 2.75) is 27.7 Å². The molecule has 0 bridgehead atoms. The third kappa shape index (κ3) is 2.08. The zero-order chi connectivity index (χ0) is 10.6. The van der Waals surface area contributed by atoms with Crippen LogP contribution in [-0.4, -0.2) is 10.2 Å². The fourth-order valence-corrected chi connectivity index (χ4v) is 1.31. The summed E-state index contributed by atoms with van der Waals surface area (Å²) >= 11 is 0. The van der Waals surface area contributed by atoms with Gasteiger partial charge in [0, 0.05) is 5.39 Å². The Bertz CT molecular complexity index is 422. The largest absolute Gasteiger partial charge is 0.155 e. The predicted octanol–water partition coefficient (Wildman–Crippen LogP) is 3.27. The predicted molar refractivity (Wildman–Crippen MR) is 60.4 cm³/mol. The lowest BCUT2D eigenvalue weighted by Crippen LogP contribution is -1.88. The van der Waals surface area contributed by atoms with Crippen LogP contribution in [0, 0.1) is 13.8 Å². The average Bonchev–Trinajstić information content (AvgIpc) is 2.22. The van der Waals surface area contributed by atoms with Crippen LogP contribution in [0.4, 0.5) is 0 Å². The summed E-state index contributed by atoms with van der Waals surface area (Å²) in [4.78, 5) is 0. The van der Waals surface area contributed by atoms with Crippen molar-refractivity contribution < 1.29 is 0 Å². The lowest BCUT2D eigenvalue weighted by Gasteiger charge is -1.99. The van der Waals surface area contributed by atoms with Crippen molar-refractivity contribution in [3.8, 4) is 0 Å². The minimum atomic E-state index is 0.969. The Labute approximate surface area is 85.0 Å². The molecule has 2 nitrogen and oxygen atoms in total. The first-order valence-electron chi connectivity index (χ1n) is 4.97. The molecule has 0 fully saturated rings. The smallest absolute Gasteiger partial charge is 0.0932 e. The maximum atomic E-state index is 4.09. The second kappa shape index (κ2) is 4.70. The molecule has 2 heteroatoms. The highest BCUT2D eigenvalue weighted by Crippen LogP contribution is 2.15. The van der Waals surface area contributed by atoms with Crippen LogP contribution in [0.1, 0.15) is 25.1 Å². The van der Waals surface area contributed by atoms with Gasteiger partial charge in [-0.25, -0.2) is 0 Å². The van der Waals surface area contributed by atoms with E-state index in [1.807, 2.05) is 32.9 Å². The van der Waals surface area contributed by atoms with Crippen molar-refractivity contribution in [3.05, 3.63) is 35.5 Å². The summed E-state index contributed by atoms with van der Waals surface area (Å²) in [6.45, 7) is 8.04. The third-order valence-corrected chi connectivity index (χ3v) is 1.97. The number of hydrogen-bond donors (Lipinski definition) is 0. The molecule has 0 aliphatic carbocycles. The lowest BCUT2D eigenvalue weighted by atomic mass is 10.1. The Morgan fingerprint density at radius 1 is 1.00 bits per heavy atom. The van der Waals surface area contributed by atoms with Crippen molar-refractivity contribution in [3.63, 3.8) is 0 Å². The van der Waals surface area contributed by atoms with Gasteiger partial charge < -0.3 is 0 Å². The van der Waals surface area contributed by atoms with Gasteiger partial charge in [-0.05, 0) is 31.5 Å². The van der Waals surface area contributed by atoms with E-state index in [-0.39, 0.29) is 0 Å². The van der Waals surface area contributed by atoms with Gasteiger partial charge in [0.05, 0.1) is 11.2 Å². The molecular formula is C12H16N2. The molecule has 0 N–H and O–H groups in total. The summed E-state index contributed by atoms with van der Waals surface area (Å²) in [5, 5.41) is 9.29. The SMILES string of the molecule is CC.Cc1cc2c(C)cccc2nn1. The number of nitrogens with zero attached hydrogens (tertiary/aromatic N) is 2. The second-order valence-corrected chi connectivity index (χ2v) is 2.99. The first kappa shape index (κ1) is 10.6. The number of aromatic nitrogens is 2. The minimum absolute atomic E-state index is 0.969. The average molecular weight is 188 g/mol. The molecule has 0 saturated heterocycles. The highest BCUT2D eigenvalue weighted by Gasteiger charge is 1.97. The molecule has 0 spiro atoms. The van der Waals surface area contributed by atoms with Gasteiger partial charge in [-0.3, -0.25) is 0 Å². The van der Waals surface area contributed by atoms with Gasteiger partial charge in [0.15, 0.2) is 0 Å². The molecule has 0 radical (unpaired) electrons. The molecule has 0 amide bonds. The topological polar surface area (TPSA) is 25.8 Å². The van der Waals surface area contributed by atoms with E-state index in [4.69, 9.17) is 0 Å². The van der Waals surface area contributed by atoms with Gasteiger partial charge in [-0.1, -0.05) is 26.0 Å². The maximum absolute atomic E-state index is 4.09. The van der Waals surface area contributed by atoms with Crippen LogP contribution in [0.15, 0.2) is 24.3 Å². The quantitative estimate of drug-likeness (QED) is 0.634. The molecule has 0 aliphatic heterocycles. The molecule has 2 aromatic rings. The van der Waals surface area contributed by atoms with Gasteiger partial charge in [-0.2, -0.15) is 10.2 Å². The molecule has 0 unspecified atom stereocenters. The van der Waals surface area contributed by atoms with Crippen molar-refractivity contribution in [1.29, 1.82) is 0 Å². The standard InChI is InChI=1S/C10H10N2.C2H6/c1-7-4-3-5-10-9(7)6-8(2)11-12-10;1-2/h3-6H,1-2H3;1-2H3. The van der Waals surface area contributed by atoms with E-state index in [0.29, 0.717) is 0 Å². The maximum Gasteiger partial charge on any atom is 0.0932 e. The van der Waals surface area contributed by atoms with Crippen LogP contribution in [0.25, 0.3) is 10.9 Å². The summed E-state index contributed by atoms with van der Waals surface area (Å²) in [7, 11) is 0. The van der Waals surface area contributed by atoms with E-state index < -0.39 is 0 Å². The van der Waals surface area contributed by atoms with Gasteiger partial charge in [0.1, 0.15) is 0 Å². The first-order chi connectivity index (χ1) is 6.77. The van der Waals surface area contributed by atoms with Crippen molar-refractivity contribution >= 4 is 10.9 Å². The van der Waals surface area contributed by atoms with Crippen LogP contribution >= 0.6 is 0 Å². The van der Waals surface area contributed by atoms with Crippen LogP contribution in [-0.2, 0) is 0 Å². The van der Waals surface area contributed by atoms with Gasteiger partial charge in [-0.15, -0.1) is 0 Å². The Morgan fingerprint density at radius 3 is 2.43 bits per heavy atom. The van der Waals surface area contributed by atoms with E-state index in [0.717, 1.165) is 11.2 Å². The van der Waals surface area contributed by atoms with Crippen LogP contribution in [0.2, 0.25) is 0 Å². The van der Waals surface area contributed by atoms with Gasteiger partial charge >= 0.3 is 0 Å². The Balaban J connectivity index is 0.000000461. The summed E-state index contributed by atoms with van der Waals surface area (Å²) in [5.74, 6) is 0. The molecular weight excluding hydrogens is 172 g/mol. The summed E-state index contributed by atoms with van der Waals surface area (Å²) in [5.41, 5.74) is 3.20. The van der Waals surface area contributed by atoms with Crippen LogP contribution in [0.3, 0.4) is 0 Å². The Morgan fingerprint density at radius 2 is 1.71 bits per heavy atom. The second-order valence-electron chi connectivity index (χ2n) is 2.99. The van der Waals surface area contributed by atoms with Gasteiger partial charge in [0.25, 0.3) is 0 Å². The minimum Gasteiger partial charge on any atom is -0.155 e. The highest BCUT2D eigenvalue weighted by atomic mass is 15.1. The molecule has 14 heavy (non-hydrogen) atoms. The fraction of sp³-hybridized carbons (Fsp3) is 0.333. The normalized spacial score (nSPS) is 9.43. The van der Waals surface area contributed by atoms with E-state index in [1.165, 1.54) is 10.9 Å². The highest BCUT2D eigenvalue weighted by molar-refractivity contribution is 5.81. The Hall–Kier alpha value is -1.44. The number of fused-ring (bicyclic) bond motifs is 1. The van der Waals surface area contributed by atoms with Gasteiger partial charge in [0.2, 0.25) is 0 Å². The number of aryl methyl sites for hydroxylation is 2. The monoisotopic (exact) mass is 188 g/mol. The number of rotatable bonds is 0. The van der Waals surface area contributed by atoms with E-state index in [1.54, 1.807) is 0 Å².